The third-order valence-corrected chi connectivity index (χ3v) is 6.68. The van der Waals surface area contributed by atoms with Crippen molar-refractivity contribution in [2.75, 3.05) is 31.6 Å². The molecule has 0 spiro atoms. The minimum atomic E-state index is -0.285. The maximum atomic E-state index is 13.6. The lowest BCUT2D eigenvalue weighted by molar-refractivity contribution is -0.133. The minimum Gasteiger partial charge on any atom is -0.382 e. The average Bonchev–Trinajstić information content (AvgIpc) is 3.25. The van der Waals surface area contributed by atoms with Gasteiger partial charge in [-0.1, -0.05) is 42.5 Å². The molecule has 1 aromatic heterocycles. The largest absolute Gasteiger partial charge is 0.382 e. The number of urea groups is 1. The van der Waals surface area contributed by atoms with E-state index in [0.717, 1.165) is 16.0 Å². The number of hydrogen-bond donors (Lipinski definition) is 1. The molecule has 0 atom stereocenters. The number of ether oxygens (including phenoxy) is 1. The Morgan fingerprint density at radius 1 is 0.971 bits per heavy atom. The van der Waals surface area contributed by atoms with Gasteiger partial charge in [-0.3, -0.25) is 4.79 Å². The molecule has 186 valence electrons. The monoisotopic (exact) mass is 493 g/mol. The molecule has 0 radical (unpaired) electrons. The number of thiophene rings is 1. The van der Waals surface area contributed by atoms with Crippen LogP contribution in [-0.4, -0.2) is 48.0 Å². The molecule has 35 heavy (non-hydrogen) atoms. The number of amides is 3. The van der Waals surface area contributed by atoms with Crippen LogP contribution in [0.15, 0.2) is 66.0 Å². The van der Waals surface area contributed by atoms with Crippen LogP contribution in [0, 0.1) is 13.8 Å². The first-order valence-corrected chi connectivity index (χ1v) is 12.9. The number of carbonyl (C=O) groups is 2. The molecule has 0 aliphatic heterocycles. The Hall–Kier alpha value is -3.16. The third kappa shape index (κ3) is 8.53. The number of benzene rings is 2. The van der Waals surface area contributed by atoms with Crippen LogP contribution in [0.5, 0.6) is 0 Å². The molecule has 2 aromatic carbocycles. The van der Waals surface area contributed by atoms with Crippen LogP contribution in [-0.2, 0) is 22.6 Å². The molecular weight excluding hydrogens is 458 g/mol. The zero-order chi connectivity index (χ0) is 25.0. The van der Waals surface area contributed by atoms with Gasteiger partial charge in [0.25, 0.3) is 0 Å². The van der Waals surface area contributed by atoms with Crippen LogP contribution in [0.25, 0.3) is 0 Å². The number of hydrogen-bond acceptors (Lipinski definition) is 4. The van der Waals surface area contributed by atoms with E-state index in [1.54, 1.807) is 16.2 Å². The van der Waals surface area contributed by atoms with E-state index in [0.29, 0.717) is 45.0 Å². The average molecular weight is 494 g/mol. The summed E-state index contributed by atoms with van der Waals surface area (Å²) < 4.78 is 5.46. The fourth-order valence-corrected chi connectivity index (χ4v) is 4.64. The highest BCUT2D eigenvalue weighted by atomic mass is 32.1. The minimum absolute atomic E-state index is 0.00102. The number of aryl methyl sites for hydroxylation is 2. The summed E-state index contributed by atoms with van der Waals surface area (Å²) in [4.78, 5) is 31.3. The topological polar surface area (TPSA) is 61.9 Å². The van der Waals surface area contributed by atoms with Gasteiger partial charge in [0.2, 0.25) is 5.91 Å². The van der Waals surface area contributed by atoms with Crippen molar-refractivity contribution in [3.8, 4) is 0 Å². The predicted octanol–water partition coefficient (Wildman–Crippen LogP) is 5.85. The number of carbonyl (C=O) groups excluding carboxylic acids is 2. The summed E-state index contributed by atoms with van der Waals surface area (Å²) in [5.74, 6) is -0.0857. The first kappa shape index (κ1) is 26.4. The van der Waals surface area contributed by atoms with Gasteiger partial charge < -0.3 is 19.9 Å². The summed E-state index contributed by atoms with van der Waals surface area (Å²) >= 11 is 1.65. The van der Waals surface area contributed by atoms with Crippen molar-refractivity contribution in [2.24, 2.45) is 0 Å². The molecule has 3 rings (SSSR count). The van der Waals surface area contributed by atoms with Crippen LogP contribution in [0.3, 0.4) is 0 Å². The second kappa shape index (κ2) is 13.7. The Morgan fingerprint density at radius 3 is 2.46 bits per heavy atom. The quantitative estimate of drug-likeness (QED) is 0.322. The van der Waals surface area contributed by atoms with E-state index in [-0.39, 0.29) is 18.5 Å². The van der Waals surface area contributed by atoms with Gasteiger partial charge >= 0.3 is 6.03 Å². The van der Waals surface area contributed by atoms with Crippen molar-refractivity contribution in [1.29, 1.82) is 0 Å². The Bertz CT molecular complexity index is 1080. The van der Waals surface area contributed by atoms with Crippen molar-refractivity contribution in [3.63, 3.8) is 0 Å². The molecule has 3 amide bonds. The first-order chi connectivity index (χ1) is 17.0. The summed E-state index contributed by atoms with van der Waals surface area (Å²) in [7, 11) is 0. The summed E-state index contributed by atoms with van der Waals surface area (Å²) in [6, 6.07) is 19.4. The number of rotatable bonds is 12. The summed E-state index contributed by atoms with van der Waals surface area (Å²) in [5, 5.41) is 5.00. The molecule has 3 aromatic rings. The van der Waals surface area contributed by atoms with Crippen LogP contribution >= 0.6 is 11.3 Å². The molecule has 1 N–H and O–H groups in total. The molecule has 6 nitrogen and oxygen atoms in total. The van der Waals surface area contributed by atoms with Crippen LogP contribution in [0.4, 0.5) is 10.5 Å². The van der Waals surface area contributed by atoms with E-state index in [1.807, 2.05) is 78.7 Å². The first-order valence-electron chi connectivity index (χ1n) is 12.0. The number of nitrogens with zero attached hydrogens (tertiary/aromatic N) is 2. The molecule has 7 heteroatoms. The lowest BCUT2D eigenvalue weighted by atomic mass is 10.2. The van der Waals surface area contributed by atoms with E-state index < -0.39 is 0 Å². The summed E-state index contributed by atoms with van der Waals surface area (Å²) in [5.41, 5.74) is 4.00. The van der Waals surface area contributed by atoms with Crippen molar-refractivity contribution in [2.45, 2.75) is 40.3 Å². The Morgan fingerprint density at radius 2 is 1.77 bits per heavy atom. The molecule has 0 unspecified atom stereocenters. The highest BCUT2D eigenvalue weighted by Crippen LogP contribution is 2.20. The molecule has 1 heterocycles. The second-order valence-electron chi connectivity index (χ2n) is 8.53. The molecule has 0 aliphatic rings. The Labute approximate surface area is 212 Å². The van der Waals surface area contributed by atoms with E-state index in [9.17, 15) is 9.59 Å². The smallest absolute Gasteiger partial charge is 0.322 e. The summed E-state index contributed by atoms with van der Waals surface area (Å²) in [6.45, 7) is 8.59. The Kier molecular flexibility index (Phi) is 10.3. The maximum Gasteiger partial charge on any atom is 0.322 e. The maximum absolute atomic E-state index is 13.6. The fourth-order valence-electron chi connectivity index (χ4n) is 3.72. The fraction of sp³-hybridized carbons (Fsp3) is 0.357. The van der Waals surface area contributed by atoms with E-state index in [4.69, 9.17) is 4.74 Å². The Balaban J connectivity index is 1.75. The van der Waals surface area contributed by atoms with Gasteiger partial charge in [-0.05, 0) is 67.5 Å². The predicted molar refractivity (Wildman–Crippen MR) is 143 cm³/mol. The van der Waals surface area contributed by atoms with Crippen molar-refractivity contribution >= 4 is 29.0 Å². The van der Waals surface area contributed by atoms with Gasteiger partial charge in [0.1, 0.15) is 6.54 Å². The van der Waals surface area contributed by atoms with Gasteiger partial charge in [0, 0.05) is 36.9 Å². The lowest BCUT2D eigenvalue weighted by Gasteiger charge is -2.28. The van der Waals surface area contributed by atoms with Crippen LogP contribution in [0.2, 0.25) is 0 Å². The lowest BCUT2D eigenvalue weighted by Crippen LogP contribution is -2.44. The molecule has 0 aliphatic carbocycles. The summed E-state index contributed by atoms with van der Waals surface area (Å²) in [6.07, 6.45) is 0.658. The van der Waals surface area contributed by atoms with Gasteiger partial charge in [-0.2, -0.15) is 0 Å². The van der Waals surface area contributed by atoms with E-state index in [1.165, 1.54) is 5.56 Å². The molecule has 0 saturated heterocycles. The van der Waals surface area contributed by atoms with E-state index >= 15 is 0 Å². The molecule has 0 saturated carbocycles. The van der Waals surface area contributed by atoms with Gasteiger partial charge in [-0.25, -0.2) is 4.79 Å². The second-order valence-corrected chi connectivity index (χ2v) is 9.53. The third-order valence-electron chi connectivity index (χ3n) is 5.68. The zero-order valence-corrected chi connectivity index (χ0v) is 21.6. The highest BCUT2D eigenvalue weighted by molar-refractivity contribution is 7.10. The van der Waals surface area contributed by atoms with Gasteiger partial charge in [0.05, 0.1) is 6.54 Å². The normalized spacial score (nSPS) is 10.7. The van der Waals surface area contributed by atoms with Crippen molar-refractivity contribution in [1.82, 2.24) is 9.80 Å². The number of anilines is 1. The zero-order valence-electron chi connectivity index (χ0n) is 20.8. The van der Waals surface area contributed by atoms with Crippen molar-refractivity contribution < 1.29 is 14.3 Å². The standard InChI is InChI=1S/C28H35N3O3S/c1-4-34-16-9-15-30(28(33)29-25-13-8-10-22(2)18-25)21-27(32)31(19-24-11-6-5-7-12-24)20-26-23(3)14-17-35-26/h5-8,10-14,17-18H,4,9,15-16,19-21H2,1-3H3,(H,29,33). The van der Waals surface area contributed by atoms with Gasteiger partial charge in [-0.15, -0.1) is 11.3 Å². The van der Waals surface area contributed by atoms with Gasteiger partial charge in [0.15, 0.2) is 0 Å². The van der Waals surface area contributed by atoms with Crippen molar-refractivity contribution in [3.05, 3.63) is 87.6 Å². The SMILES string of the molecule is CCOCCCN(CC(=O)N(Cc1ccccc1)Cc1sccc1C)C(=O)Nc1cccc(C)c1. The molecule has 0 fully saturated rings. The van der Waals surface area contributed by atoms with Crippen LogP contribution < -0.4 is 5.32 Å². The van der Waals surface area contributed by atoms with E-state index in [2.05, 4.69) is 18.3 Å². The highest BCUT2D eigenvalue weighted by Gasteiger charge is 2.22. The van der Waals surface area contributed by atoms with Crippen LogP contribution in [0.1, 0.15) is 34.9 Å². The number of nitrogens with one attached hydrogen (secondary N) is 1. The molecular formula is C28H35N3O3S. The molecule has 0 bridgehead atoms.